The van der Waals surface area contributed by atoms with Gasteiger partial charge >= 0.3 is 11.9 Å². The molecule has 2 aromatic carbocycles. The van der Waals surface area contributed by atoms with E-state index in [0.29, 0.717) is 27.9 Å². The summed E-state index contributed by atoms with van der Waals surface area (Å²) in [4.78, 5) is 27.0. The van der Waals surface area contributed by atoms with Crippen molar-refractivity contribution in [2.75, 3.05) is 0 Å². The van der Waals surface area contributed by atoms with Gasteiger partial charge in [0.2, 0.25) is 5.16 Å². The van der Waals surface area contributed by atoms with Gasteiger partial charge in [-0.1, -0.05) is 23.7 Å². The first-order valence-electron chi connectivity index (χ1n) is 9.14. The van der Waals surface area contributed by atoms with Gasteiger partial charge in [0.05, 0.1) is 5.56 Å². The predicted octanol–water partition coefficient (Wildman–Crippen LogP) is 5.30. The molecule has 0 spiro atoms. The fraction of sp³-hybridized carbons (Fsp3) is 0. The summed E-state index contributed by atoms with van der Waals surface area (Å²) in [6, 6.07) is 16.5. The summed E-state index contributed by atoms with van der Waals surface area (Å²) in [7, 11) is 0. The van der Waals surface area contributed by atoms with Crippen molar-refractivity contribution in [3.8, 4) is 22.7 Å². The van der Waals surface area contributed by atoms with Gasteiger partial charge in [0.15, 0.2) is 5.82 Å². The van der Waals surface area contributed by atoms with E-state index in [1.54, 1.807) is 48.5 Å². The Bertz CT molecular complexity index is 1310. The predicted molar refractivity (Wildman–Crippen MR) is 119 cm³/mol. The molecular formula is C22H14ClN3O5S. The molecule has 0 saturated carbocycles. The van der Waals surface area contributed by atoms with Crippen molar-refractivity contribution in [3.05, 3.63) is 81.9 Å². The van der Waals surface area contributed by atoms with E-state index in [1.807, 2.05) is 0 Å². The van der Waals surface area contributed by atoms with Crippen LogP contribution in [0.15, 0.2) is 75.1 Å². The van der Waals surface area contributed by atoms with Gasteiger partial charge < -0.3 is 14.6 Å². The number of nitrogens with one attached hydrogen (secondary N) is 1. The first-order chi connectivity index (χ1) is 15.4. The van der Waals surface area contributed by atoms with Crippen LogP contribution in [0.4, 0.5) is 0 Å². The van der Waals surface area contributed by atoms with Gasteiger partial charge in [-0.3, -0.25) is 5.10 Å². The number of aromatic carboxylic acids is 1. The number of carbonyl (C=O) groups is 2. The molecule has 32 heavy (non-hydrogen) atoms. The molecule has 0 amide bonds. The Morgan fingerprint density at radius 3 is 2.31 bits per heavy atom. The van der Waals surface area contributed by atoms with E-state index in [2.05, 4.69) is 15.2 Å². The van der Waals surface area contributed by atoms with Crippen molar-refractivity contribution in [1.29, 1.82) is 0 Å². The highest BCUT2D eigenvalue weighted by Gasteiger charge is 2.16. The molecule has 0 atom stereocenters. The molecule has 0 bridgehead atoms. The van der Waals surface area contributed by atoms with Gasteiger partial charge in [-0.15, -0.1) is 5.10 Å². The molecular weight excluding hydrogens is 454 g/mol. The molecule has 0 fully saturated rings. The van der Waals surface area contributed by atoms with E-state index < -0.39 is 11.9 Å². The van der Waals surface area contributed by atoms with Gasteiger partial charge in [0.25, 0.3) is 0 Å². The number of hydrogen-bond donors (Lipinski definition) is 3. The topological polar surface area (TPSA) is 129 Å². The smallest absolute Gasteiger partial charge is 0.342 e. The largest absolute Gasteiger partial charge is 0.478 e. The van der Waals surface area contributed by atoms with Crippen LogP contribution in [0, 0.1) is 0 Å². The molecule has 4 rings (SSSR count). The summed E-state index contributed by atoms with van der Waals surface area (Å²) in [5, 5.41) is 26.3. The van der Waals surface area contributed by atoms with Crippen LogP contribution >= 0.6 is 23.4 Å². The van der Waals surface area contributed by atoms with Gasteiger partial charge in [0.1, 0.15) is 16.4 Å². The van der Waals surface area contributed by atoms with Crippen molar-refractivity contribution in [3.63, 3.8) is 0 Å². The Labute approximate surface area is 190 Å². The Hall–Kier alpha value is -3.82. The van der Waals surface area contributed by atoms with Crippen LogP contribution in [0.25, 0.3) is 28.8 Å². The van der Waals surface area contributed by atoms with Gasteiger partial charge in [0, 0.05) is 22.2 Å². The van der Waals surface area contributed by atoms with Gasteiger partial charge in [-0.05, 0) is 60.3 Å². The maximum absolute atomic E-state index is 11.7. The van der Waals surface area contributed by atoms with Crippen LogP contribution in [0.3, 0.4) is 0 Å². The number of benzene rings is 2. The molecule has 10 heteroatoms. The van der Waals surface area contributed by atoms with Crippen LogP contribution in [-0.2, 0) is 4.79 Å². The van der Waals surface area contributed by atoms with Crippen molar-refractivity contribution < 1.29 is 24.2 Å². The maximum atomic E-state index is 11.7. The van der Waals surface area contributed by atoms with Crippen LogP contribution < -0.4 is 0 Å². The second-order valence-corrected chi connectivity index (χ2v) is 7.92. The number of aliphatic carboxylic acids is 1. The molecule has 0 radical (unpaired) electrons. The summed E-state index contributed by atoms with van der Waals surface area (Å²) < 4.78 is 5.71. The van der Waals surface area contributed by atoms with E-state index in [4.69, 9.17) is 21.1 Å². The fourth-order valence-electron chi connectivity index (χ4n) is 2.75. The van der Waals surface area contributed by atoms with E-state index in [9.17, 15) is 14.7 Å². The quantitative estimate of drug-likeness (QED) is 0.246. The first-order valence-corrected chi connectivity index (χ1v) is 10.3. The number of carboxylic acids is 2. The number of rotatable bonds is 7. The zero-order chi connectivity index (χ0) is 22.7. The second kappa shape index (κ2) is 9.13. The number of halogens is 1. The number of thioether (sulfide) groups is 1. The third kappa shape index (κ3) is 4.90. The second-order valence-electron chi connectivity index (χ2n) is 6.47. The standard InChI is InChI=1S/C22H14ClN3O5S/c23-15-7-5-13(6-8-15)19-24-22(26-25-19)32-18(21(29)30)11-16-9-10-17(31-16)12-1-3-14(4-2-12)20(27)28/h1-11H,(H,27,28)(H,29,30)(H,24,25,26)/b18-11-. The van der Waals surface area contributed by atoms with E-state index in [1.165, 1.54) is 18.2 Å². The van der Waals surface area contributed by atoms with Crippen molar-refractivity contribution in [2.45, 2.75) is 5.16 Å². The molecule has 2 aromatic heterocycles. The highest BCUT2D eigenvalue weighted by atomic mass is 35.5. The zero-order valence-electron chi connectivity index (χ0n) is 16.2. The number of furan rings is 1. The average Bonchev–Trinajstić information content (AvgIpc) is 3.44. The lowest BCUT2D eigenvalue weighted by Gasteiger charge is -1.99. The van der Waals surface area contributed by atoms with Crippen LogP contribution in [0.1, 0.15) is 16.1 Å². The minimum absolute atomic E-state index is 0.0335. The number of aromatic nitrogens is 3. The molecule has 0 unspecified atom stereocenters. The number of hydrogen-bond acceptors (Lipinski definition) is 6. The summed E-state index contributed by atoms with van der Waals surface area (Å²) in [6.07, 6.45) is 1.38. The Morgan fingerprint density at radius 2 is 1.66 bits per heavy atom. The minimum atomic E-state index is -1.16. The molecule has 3 N–H and O–H groups in total. The fourth-order valence-corrected chi connectivity index (χ4v) is 3.57. The van der Waals surface area contributed by atoms with Crippen molar-refractivity contribution >= 4 is 41.4 Å². The van der Waals surface area contributed by atoms with Crippen LogP contribution in [0.2, 0.25) is 5.02 Å². The third-order valence-corrected chi connectivity index (χ3v) is 5.44. The number of aromatic amines is 1. The third-order valence-electron chi connectivity index (χ3n) is 4.31. The van der Waals surface area contributed by atoms with Crippen LogP contribution in [-0.4, -0.2) is 37.3 Å². The molecule has 4 aromatic rings. The maximum Gasteiger partial charge on any atom is 0.342 e. The lowest BCUT2D eigenvalue weighted by molar-refractivity contribution is -0.131. The Balaban J connectivity index is 1.53. The molecule has 0 aliphatic carbocycles. The highest BCUT2D eigenvalue weighted by molar-refractivity contribution is 8.04. The molecule has 8 nitrogen and oxygen atoms in total. The van der Waals surface area contributed by atoms with Crippen molar-refractivity contribution in [2.24, 2.45) is 0 Å². The normalized spacial score (nSPS) is 11.5. The van der Waals surface area contributed by atoms with Crippen LogP contribution in [0.5, 0.6) is 0 Å². The summed E-state index contributed by atoms with van der Waals surface area (Å²) in [6.45, 7) is 0. The lowest BCUT2D eigenvalue weighted by atomic mass is 10.1. The van der Waals surface area contributed by atoms with Gasteiger partial charge in [-0.25, -0.2) is 14.6 Å². The monoisotopic (exact) mass is 467 g/mol. The SMILES string of the molecule is O=C(O)/C(=C/c1ccc(-c2ccc(C(=O)O)cc2)o1)Sc1n[nH]c(-c2ccc(Cl)cc2)n1. The highest BCUT2D eigenvalue weighted by Crippen LogP contribution is 2.30. The molecule has 0 saturated heterocycles. The van der Waals surface area contributed by atoms with E-state index in [-0.39, 0.29) is 15.6 Å². The van der Waals surface area contributed by atoms with Crippen molar-refractivity contribution in [1.82, 2.24) is 15.2 Å². The zero-order valence-corrected chi connectivity index (χ0v) is 17.7. The van der Waals surface area contributed by atoms with E-state index >= 15 is 0 Å². The summed E-state index contributed by atoms with van der Waals surface area (Å²) >= 11 is 6.77. The first kappa shape index (κ1) is 21.4. The summed E-state index contributed by atoms with van der Waals surface area (Å²) in [5.74, 6) is -0.893. The Kier molecular flexibility index (Phi) is 6.11. The average molecular weight is 468 g/mol. The molecule has 160 valence electrons. The summed E-state index contributed by atoms with van der Waals surface area (Å²) in [5.41, 5.74) is 1.59. The molecule has 0 aliphatic rings. The molecule has 0 aliphatic heterocycles. The molecule has 2 heterocycles. The number of nitrogens with zero attached hydrogens (tertiary/aromatic N) is 2. The lowest BCUT2D eigenvalue weighted by Crippen LogP contribution is -1.97. The Morgan fingerprint density at radius 1 is 0.969 bits per heavy atom. The number of carboxylic acid groups (broad SMARTS) is 2. The minimum Gasteiger partial charge on any atom is -0.478 e. The van der Waals surface area contributed by atoms with E-state index in [0.717, 1.165) is 17.3 Å². The number of H-pyrrole nitrogens is 1. The van der Waals surface area contributed by atoms with Gasteiger partial charge in [-0.2, -0.15) is 0 Å².